The zero-order valence-corrected chi connectivity index (χ0v) is 16.2. The molecule has 0 N–H and O–H groups in total. The van der Waals surface area contributed by atoms with E-state index in [-0.39, 0.29) is 11.8 Å². The van der Waals surface area contributed by atoms with Crippen molar-refractivity contribution in [1.29, 1.82) is 0 Å². The van der Waals surface area contributed by atoms with Gasteiger partial charge in [0.05, 0.1) is 28.0 Å². The molecule has 0 radical (unpaired) electrons. The number of para-hydroxylation sites is 1. The van der Waals surface area contributed by atoms with Crippen molar-refractivity contribution in [1.82, 2.24) is 4.98 Å². The van der Waals surface area contributed by atoms with Gasteiger partial charge in [0.25, 0.3) is 11.8 Å². The second-order valence-corrected chi connectivity index (χ2v) is 7.43. The van der Waals surface area contributed by atoms with Gasteiger partial charge in [0.1, 0.15) is 0 Å². The number of rotatable bonds is 2. The monoisotopic (exact) mass is 428 g/mol. The summed E-state index contributed by atoms with van der Waals surface area (Å²) < 4.78 is 0.829. The number of carbonyl (C=O) groups is 2. The molecule has 0 unspecified atom stereocenters. The second-order valence-electron chi connectivity index (χ2n) is 6.52. The second kappa shape index (κ2) is 6.39. The smallest absolute Gasteiger partial charge is 0.268 e. The van der Waals surface area contributed by atoms with Crippen LogP contribution in [0.4, 0.5) is 5.69 Å². The normalized spacial score (nSPS) is 13.2. The number of hydrogen-bond acceptors (Lipinski definition) is 3. The molecule has 0 spiro atoms. The summed E-state index contributed by atoms with van der Waals surface area (Å²) in [6, 6.07) is 24.1. The summed E-state index contributed by atoms with van der Waals surface area (Å²) in [4.78, 5) is 32.7. The standard InChI is InChI=1S/C23H13BrN2O2/c24-15-11-12-18-17(13-15)19-20(21(25-18)14-7-3-1-4-8-14)23(28)26(22(19)27)16-9-5-2-6-10-16/h1-13H. The van der Waals surface area contributed by atoms with Gasteiger partial charge in [-0.25, -0.2) is 9.88 Å². The summed E-state index contributed by atoms with van der Waals surface area (Å²) in [7, 11) is 0. The predicted octanol–water partition coefficient (Wildman–Crippen LogP) is 5.46. The maximum absolute atomic E-state index is 13.4. The van der Waals surface area contributed by atoms with Gasteiger partial charge in [-0.15, -0.1) is 0 Å². The minimum absolute atomic E-state index is 0.325. The average Bonchev–Trinajstić information content (AvgIpc) is 3.00. The van der Waals surface area contributed by atoms with E-state index in [9.17, 15) is 9.59 Å². The molecule has 0 saturated carbocycles. The van der Waals surface area contributed by atoms with E-state index in [0.29, 0.717) is 33.4 Å². The Morgan fingerprint density at radius 1 is 0.750 bits per heavy atom. The fourth-order valence-electron chi connectivity index (χ4n) is 3.60. The summed E-state index contributed by atoms with van der Waals surface area (Å²) in [6.45, 7) is 0. The van der Waals surface area contributed by atoms with Gasteiger partial charge in [0.2, 0.25) is 0 Å². The van der Waals surface area contributed by atoms with Crippen LogP contribution in [0.3, 0.4) is 0 Å². The van der Waals surface area contributed by atoms with Crippen molar-refractivity contribution < 1.29 is 9.59 Å². The lowest BCUT2D eigenvalue weighted by atomic mass is 9.98. The van der Waals surface area contributed by atoms with Crippen molar-refractivity contribution in [3.8, 4) is 11.3 Å². The zero-order valence-electron chi connectivity index (χ0n) is 14.6. The third kappa shape index (κ3) is 2.47. The van der Waals surface area contributed by atoms with E-state index < -0.39 is 0 Å². The molecule has 0 bridgehead atoms. The van der Waals surface area contributed by atoms with E-state index in [1.54, 1.807) is 12.1 Å². The molecule has 1 aromatic heterocycles. The molecule has 0 aliphatic carbocycles. The Balaban J connectivity index is 1.85. The van der Waals surface area contributed by atoms with Gasteiger partial charge in [0.15, 0.2) is 0 Å². The molecular weight excluding hydrogens is 416 g/mol. The number of halogens is 1. The lowest BCUT2D eigenvalue weighted by Crippen LogP contribution is -2.29. The predicted molar refractivity (Wildman–Crippen MR) is 112 cm³/mol. The third-order valence-electron chi connectivity index (χ3n) is 4.84. The van der Waals surface area contributed by atoms with Crippen LogP contribution < -0.4 is 4.90 Å². The highest BCUT2D eigenvalue weighted by Gasteiger charge is 2.41. The first-order valence-electron chi connectivity index (χ1n) is 8.77. The number of fused-ring (bicyclic) bond motifs is 3. The average molecular weight is 429 g/mol. The molecule has 2 heterocycles. The van der Waals surface area contributed by atoms with Crippen LogP contribution >= 0.6 is 15.9 Å². The Hall–Kier alpha value is -3.31. The van der Waals surface area contributed by atoms with Crippen molar-refractivity contribution in [2.45, 2.75) is 0 Å². The highest BCUT2D eigenvalue weighted by atomic mass is 79.9. The molecule has 4 aromatic rings. The minimum atomic E-state index is -0.348. The Kier molecular flexibility index (Phi) is 3.84. The van der Waals surface area contributed by atoms with Gasteiger partial charge in [-0.1, -0.05) is 64.5 Å². The fourth-order valence-corrected chi connectivity index (χ4v) is 3.96. The van der Waals surface area contributed by atoms with Gasteiger partial charge in [-0.05, 0) is 30.3 Å². The van der Waals surface area contributed by atoms with Crippen molar-refractivity contribution >= 4 is 44.3 Å². The molecule has 2 amide bonds. The van der Waals surface area contributed by atoms with Gasteiger partial charge < -0.3 is 0 Å². The topological polar surface area (TPSA) is 50.3 Å². The molecule has 4 nitrogen and oxygen atoms in total. The lowest BCUT2D eigenvalue weighted by Gasteiger charge is -2.13. The first kappa shape index (κ1) is 16.8. The number of pyridine rings is 1. The number of imide groups is 1. The molecule has 0 saturated heterocycles. The number of carbonyl (C=O) groups excluding carboxylic acids is 2. The Bertz CT molecular complexity index is 1250. The molecular formula is C23H13BrN2O2. The van der Waals surface area contributed by atoms with Crippen LogP contribution in [-0.2, 0) is 0 Å². The van der Waals surface area contributed by atoms with Crippen molar-refractivity contribution in [2.75, 3.05) is 4.90 Å². The number of aromatic nitrogens is 1. The molecule has 1 aliphatic heterocycles. The summed E-state index contributed by atoms with van der Waals surface area (Å²) in [5.74, 6) is -0.673. The van der Waals surface area contributed by atoms with Crippen LogP contribution in [0.15, 0.2) is 83.3 Å². The molecule has 5 heteroatoms. The van der Waals surface area contributed by atoms with Crippen molar-refractivity contribution in [2.24, 2.45) is 0 Å². The molecule has 134 valence electrons. The van der Waals surface area contributed by atoms with E-state index in [2.05, 4.69) is 15.9 Å². The van der Waals surface area contributed by atoms with Crippen LogP contribution in [0.5, 0.6) is 0 Å². The Morgan fingerprint density at radius 2 is 1.39 bits per heavy atom. The fraction of sp³-hybridized carbons (Fsp3) is 0. The van der Waals surface area contributed by atoms with Crippen LogP contribution in [-0.4, -0.2) is 16.8 Å². The van der Waals surface area contributed by atoms with Crippen molar-refractivity contribution in [3.63, 3.8) is 0 Å². The summed E-state index contributed by atoms with van der Waals surface area (Å²) >= 11 is 3.46. The van der Waals surface area contributed by atoms with Crippen LogP contribution in [0.25, 0.3) is 22.2 Å². The van der Waals surface area contributed by atoms with Crippen LogP contribution in [0.2, 0.25) is 0 Å². The van der Waals surface area contributed by atoms with Crippen LogP contribution in [0, 0.1) is 0 Å². The number of anilines is 1. The molecule has 0 fully saturated rings. The van der Waals surface area contributed by atoms with Gasteiger partial charge in [-0.2, -0.15) is 0 Å². The molecule has 3 aromatic carbocycles. The largest absolute Gasteiger partial charge is 0.268 e. The quantitative estimate of drug-likeness (QED) is 0.398. The zero-order chi connectivity index (χ0) is 19.3. The molecule has 1 aliphatic rings. The number of amides is 2. The first-order valence-corrected chi connectivity index (χ1v) is 9.57. The highest BCUT2D eigenvalue weighted by molar-refractivity contribution is 9.10. The van der Waals surface area contributed by atoms with E-state index in [4.69, 9.17) is 4.98 Å². The van der Waals surface area contributed by atoms with E-state index in [1.165, 1.54) is 4.90 Å². The molecule has 5 rings (SSSR count). The third-order valence-corrected chi connectivity index (χ3v) is 5.34. The Labute approximate surface area is 169 Å². The molecule has 0 atom stereocenters. The van der Waals surface area contributed by atoms with E-state index in [1.807, 2.05) is 66.7 Å². The Morgan fingerprint density at radius 3 is 2.11 bits per heavy atom. The summed E-state index contributed by atoms with van der Waals surface area (Å²) in [6.07, 6.45) is 0. The van der Waals surface area contributed by atoms with Gasteiger partial charge in [0, 0.05) is 15.4 Å². The summed E-state index contributed by atoms with van der Waals surface area (Å²) in [5.41, 5.74) is 3.32. The minimum Gasteiger partial charge on any atom is -0.268 e. The number of benzene rings is 3. The maximum Gasteiger partial charge on any atom is 0.268 e. The van der Waals surface area contributed by atoms with Gasteiger partial charge >= 0.3 is 0 Å². The molecule has 28 heavy (non-hydrogen) atoms. The highest BCUT2D eigenvalue weighted by Crippen LogP contribution is 2.38. The van der Waals surface area contributed by atoms with Crippen LogP contribution in [0.1, 0.15) is 20.7 Å². The van der Waals surface area contributed by atoms with Crippen molar-refractivity contribution in [3.05, 3.63) is 94.5 Å². The number of hydrogen-bond donors (Lipinski definition) is 0. The van der Waals surface area contributed by atoms with Gasteiger partial charge in [-0.3, -0.25) is 9.59 Å². The lowest BCUT2D eigenvalue weighted by molar-refractivity contribution is 0.0927. The maximum atomic E-state index is 13.4. The number of nitrogens with zero attached hydrogens (tertiary/aromatic N) is 2. The first-order chi connectivity index (χ1) is 13.6. The SMILES string of the molecule is O=C1c2c(-c3ccccc3)nc3ccc(Br)cc3c2C(=O)N1c1ccccc1. The summed E-state index contributed by atoms with van der Waals surface area (Å²) in [5, 5.41) is 0.667. The van der Waals surface area contributed by atoms with E-state index in [0.717, 1.165) is 10.0 Å². The van der Waals surface area contributed by atoms with E-state index >= 15 is 0 Å².